The van der Waals surface area contributed by atoms with Gasteiger partial charge in [0.15, 0.2) is 0 Å². The zero-order chi connectivity index (χ0) is 15.0. The Labute approximate surface area is 122 Å². The van der Waals surface area contributed by atoms with Crippen LogP contribution in [0.4, 0.5) is 0 Å². The molecule has 1 spiro atoms. The summed E-state index contributed by atoms with van der Waals surface area (Å²) in [6.07, 6.45) is 6.75. The van der Waals surface area contributed by atoms with Gasteiger partial charge in [-0.25, -0.2) is 0 Å². The van der Waals surface area contributed by atoms with Crippen molar-refractivity contribution >= 4 is 11.8 Å². The van der Waals surface area contributed by atoms with E-state index in [1.165, 1.54) is 6.42 Å². The zero-order valence-corrected chi connectivity index (χ0v) is 13.3. The highest BCUT2D eigenvalue weighted by atomic mass is 16.2. The third-order valence-electron chi connectivity index (χ3n) is 4.98. The maximum Gasteiger partial charge on any atom is 0.249 e. The van der Waals surface area contributed by atoms with Crippen molar-refractivity contribution in [3.63, 3.8) is 0 Å². The Morgan fingerprint density at radius 2 is 1.85 bits per heavy atom. The molecule has 1 N–H and O–H groups in total. The van der Waals surface area contributed by atoms with Gasteiger partial charge in [0.05, 0.1) is 0 Å². The van der Waals surface area contributed by atoms with Crippen LogP contribution in [0.1, 0.15) is 72.6 Å². The van der Waals surface area contributed by atoms with Crippen LogP contribution < -0.4 is 5.32 Å². The third-order valence-corrected chi connectivity index (χ3v) is 4.98. The zero-order valence-electron chi connectivity index (χ0n) is 13.3. The molecule has 114 valence electrons. The molecule has 2 fully saturated rings. The van der Waals surface area contributed by atoms with Gasteiger partial charge in [0.1, 0.15) is 11.6 Å². The molecule has 1 aliphatic carbocycles. The lowest BCUT2D eigenvalue weighted by Gasteiger charge is -2.52. The molecule has 20 heavy (non-hydrogen) atoms. The van der Waals surface area contributed by atoms with Gasteiger partial charge in [-0.1, -0.05) is 32.6 Å². The van der Waals surface area contributed by atoms with E-state index >= 15 is 0 Å². The average molecular weight is 280 g/mol. The Morgan fingerprint density at radius 3 is 2.40 bits per heavy atom. The molecule has 0 bridgehead atoms. The van der Waals surface area contributed by atoms with Gasteiger partial charge in [0, 0.05) is 5.54 Å². The molecule has 2 rings (SSSR count). The summed E-state index contributed by atoms with van der Waals surface area (Å²) in [5.41, 5.74) is -0.875. The standard InChI is InChI=1S/C16H28N2O2/c1-5-9-15(3,4)18-12(2)13(19)17-16(14(18)20)10-7-6-8-11-16/h12H,5-11H2,1-4H3,(H,17,19). The number of rotatable bonds is 3. The largest absolute Gasteiger partial charge is 0.340 e. The second-order valence-corrected chi connectivity index (χ2v) is 7.05. The summed E-state index contributed by atoms with van der Waals surface area (Å²) in [4.78, 5) is 27.3. The first kappa shape index (κ1) is 15.3. The van der Waals surface area contributed by atoms with Crippen LogP contribution in [-0.4, -0.2) is 33.8 Å². The van der Waals surface area contributed by atoms with Crippen LogP contribution in [0.5, 0.6) is 0 Å². The highest BCUT2D eigenvalue weighted by Crippen LogP contribution is 2.37. The molecular formula is C16H28N2O2. The average Bonchev–Trinajstić information content (AvgIpc) is 2.37. The quantitative estimate of drug-likeness (QED) is 0.864. The van der Waals surface area contributed by atoms with Gasteiger partial charge in [-0.3, -0.25) is 9.59 Å². The molecule has 1 heterocycles. The van der Waals surface area contributed by atoms with Gasteiger partial charge >= 0.3 is 0 Å². The molecule has 2 amide bonds. The lowest BCUT2D eigenvalue weighted by molar-refractivity contribution is -0.163. The predicted molar refractivity (Wildman–Crippen MR) is 79.3 cm³/mol. The van der Waals surface area contributed by atoms with E-state index in [1.807, 2.05) is 11.8 Å². The van der Waals surface area contributed by atoms with E-state index in [-0.39, 0.29) is 23.4 Å². The number of hydrogen-bond acceptors (Lipinski definition) is 2. The summed E-state index contributed by atoms with van der Waals surface area (Å²) < 4.78 is 0. The third kappa shape index (κ3) is 2.45. The molecule has 0 aromatic carbocycles. The number of amides is 2. The van der Waals surface area contributed by atoms with Crippen LogP contribution in [0.3, 0.4) is 0 Å². The normalized spacial score (nSPS) is 26.8. The molecule has 1 aliphatic heterocycles. The predicted octanol–water partition coefficient (Wildman–Crippen LogP) is 2.61. The van der Waals surface area contributed by atoms with Crippen LogP contribution in [0.2, 0.25) is 0 Å². The van der Waals surface area contributed by atoms with Crippen molar-refractivity contribution in [3.05, 3.63) is 0 Å². The maximum absolute atomic E-state index is 13.1. The van der Waals surface area contributed by atoms with Crippen LogP contribution >= 0.6 is 0 Å². The summed E-state index contributed by atoms with van der Waals surface area (Å²) in [5, 5.41) is 3.05. The van der Waals surface area contributed by atoms with Crippen molar-refractivity contribution < 1.29 is 9.59 Å². The van der Waals surface area contributed by atoms with Crippen LogP contribution in [0, 0.1) is 0 Å². The molecule has 1 saturated heterocycles. The first-order chi connectivity index (χ1) is 9.34. The van der Waals surface area contributed by atoms with E-state index in [4.69, 9.17) is 0 Å². The monoisotopic (exact) mass is 280 g/mol. The van der Waals surface area contributed by atoms with Crippen LogP contribution in [0.25, 0.3) is 0 Å². The van der Waals surface area contributed by atoms with E-state index in [2.05, 4.69) is 26.1 Å². The lowest BCUT2D eigenvalue weighted by Crippen LogP contribution is -2.73. The number of carbonyl (C=O) groups excluding carboxylic acids is 2. The molecule has 1 atom stereocenters. The Balaban J connectivity index is 2.33. The molecule has 1 unspecified atom stereocenters. The molecule has 0 aromatic heterocycles. The van der Waals surface area contributed by atoms with Gasteiger partial charge in [-0.2, -0.15) is 0 Å². The van der Waals surface area contributed by atoms with Crippen molar-refractivity contribution in [3.8, 4) is 0 Å². The lowest BCUT2D eigenvalue weighted by atomic mass is 9.77. The van der Waals surface area contributed by atoms with Crippen molar-refractivity contribution in [2.24, 2.45) is 0 Å². The van der Waals surface area contributed by atoms with Crippen molar-refractivity contribution in [1.82, 2.24) is 10.2 Å². The minimum Gasteiger partial charge on any atom is -0.340 e. The molecule has 4 heteroatoms. The van der Waals surface area contributed by atoms with Crippen molar-refractivity contribution in [2.45, 2.75) is 89.8 Å². The summed E-state index contributed by atoms with van der Waals surface area (Å²) >= 11 is 0. The van der Waals surface area contributed by atoms with E-state index < -0.39 is 5.54 Å². The number of carbonyl (C=O) groups is 2. The topological polar surface area (TPSA) is 49.4 Å². The number of hydrogen-bond donors (Lipinski definition) is 1. The van der Waals surface area contributed by atoms with Gasteiger partial charge in [0.25, 0.3) is 0 Å². The highest BCUT2D eigenvalue weighted by Gasteiger charge is 2.53. The smallest absolute Gasteiger partial charge is 0.249 e. The number of piperazine rings is 1. The second-order valence-electron chi connectivity index (χ2n) is 7.05. The molecule has 2 aliphatic rings. The fourth-order valence-electron chi connectivity index (χ4n) is 3.94. The van der Waals surface area contributed by atoms with Crippen LogP contribution in [0.15, 0.2) is 0 Å². The van der Waals surface area contributed by atoms with E-state index in [0.29, 0.717) is 0 Å². The Morgan fingerprint density at radius 1 is 1.25 bits per heavy atom. The van der Waals surface area contributed by atoms with Crippen LogP contribution in [-0.2, 0) is 9.59 Å². The Hall–Kier alpha value is -1.06. The summed E-state index contributed by atoms with van der Waals surface area (Å²) in [5.74, 6) is 0.151. The van der Waals surface area contributed by atoms with Crippen molar-refractivity contribution in [1.29, 1.82) is 0 Å². The highest BCUT2D eigenvalue weighted by molar-refractivity contribution is 6.00. The fourth-order valence-corrected chi connectivity index (χ4v) is 3.94. The molecule has 0 aromatic rings. The first-order valence-electron chi connectivity index (χ1n) is 8.00. The van der Waals surface area contributed by atoms with Gasteiger partial charge < -0.3 is 10.2 Å². The minimum atomic E-state index is -0.618. The van der Waals surface area contributed by atoms with Gasteiger partial charge in [-0.05, 0) is 40.0 Å². The van der Waals surface area contributed by atoms with Gasteiger partial charge in [0.2, 0.25) is 11.8 Å². The second kappa shape index (κ2) is 5.38. The minimum absolute atomic E-state index is 0.00989. The summed E-state index contributed by atoms with van der Waals surface area (Å²) in [7, 11) is 0. The maximum atomic E-state index is 13.1. The molecule has 1 saturated carbocycles. The SMILES string of the molecule is CCCC(C)(C)N1C(=O)C2(CCCCC2)NC(=O)C1C. The molecular weight excluding hydrogens is 252 g/mol. The Bertz CT molecular complexity index is 397. The van der Waals surface area contributed by atoms with Gasteiger partial charge in [-0.15, -0.1) is 0 Å². The molecule has 0 radical (unpaired) electrons. The molecule has 4 nitrogen and oxygen atoms in total. The summed E-state index contributed by atoms with van der Waals surface area (Å²) in [6, 6.07) is -0.364. The van der Waals surface area contributed by atoms with Crippen molar-refractivity contribution in [2.75, 3.05) is 0 Å². The van der Waals surface area contributed by atoms with E-state index in [1.54, 1.807) is 0 Å². The number of nitrogens with zero attached hydrogens (tertiary/aromatic N) is 1. The first-order valence-corrected chi connectivity index (χ1v) is 8.00. The summed E-state index contributed by atoms with van der Waals surface area (Å²) in [6.45, 7) is 8.14. The van der Waals surface area contributed by atoms with E-state index in [9.17, 15) is 9.59 Å². The number of nitrogens with one attached hydrogen (secondary N) is 1. The Kier molecular flexibility index (Phi) is 4.12. The van der Waals surface area contributed by atoms with E-state index in [0.717, 1.165) is 38.5 Å². The fraction of sp³-hybridized carbons (Fsp3) is 0.875.